The molecule has 0 bridgehead atoms. The van der Waals surface area contributed by atoms with Gasteiger partial charge in [-0.3, -0.25) is 19.2 Å². The molecule has 0 saturated carbocycles. The van der Waals surface area contributed by atoms with Gasteiger partial charge >= 0.3 is 23.9 Å². The lowest BCUT2D eigenvalue weighted by Gasteiger charge is -2.20. The molecule has 0 rings (SSSR count). The Kier molecular flexibility index (Phi) is 10.6. The van der Waals surface area contributed by atoms with Crippen molar-refractivity contribution >= 4 is 23.9 Å². The van der Waals surface area contributed by atoms with E-state index in [1.165, 1.54) is 0 Å². The Morgan fingerprint density at radius 1 is 0.739 bits per heavy atom. The van der Waals surface area contributed by atoms with Crippen LogP contribution in [-0.2, 0) is 19.2 Å². The first-order valence-electron chi connectivity index (χ1n) is 7.47. The van der Waals surface area contributed by atoms with E-state index in [2.05, 4.69) is 0 Å². The van der Waals surface area contributed by atoms with Crippen molar-refractivity contribution in [3.05, 3.63) is 0 Å². The normalized spacial score (nSPS) is 10.9. The minimum atomic E-state index is -1.58. The summed E-state index contributed by atoms with van der Waals surface area (Å²) in [6, 6.07) is 0. The highest BCUT2D eigenvalue weighted by atomic mass is 16.4. The van der Waals surface area contributed by atoms with Crippen LogP contribution in [0.5, 0.6) is 0 Å². The highest BCUT2D eigenvalue weighted by Gasteiger charge is 2.42. The van der Waals surface area contributed by atoms with Crippen molar-refractivity contribution in [3.8, 4) is 0 Å². The van der Waals surface area contributed by atoms with Crippen LogP contribution in [0.3, 0.4) is 0 Å². The second kappa shape index (κ2) is 10.6. The summed E-state index contributed by atoms with van der Waals surface area (Å²) in [7, 11) is 0. The molecule has 0 aromatic carbocycles. The molecule has 0 atom stereocenters. The molecule has 0 saturated heterocycles. The number of hydrogen-bond acceptors (Lipinski definition) is 4. The van der Waals surface area contributed by atoms with Crippen LogP contribution < -0.4 is 0 Å². The fraction of sp³-hybridized carbons (Fsp3) is 0.733. The molecule has 4 N–H and O–H groups in total. The highest BCUT2D eigenvalue weighted by molar-refractivity contribution is 5.98. The van der Waals surface area contributed by atoms with Crippen LogP contribution in [0.25, 0.3) is 0 Å². The maximum Gasteiger partial charge on any atom is 0.321 e. The van der Waals surface area contributed by atoms with Gasteiger partial charge in [-0.1, -0.05) is 40.5 Å². The Bertz CT molecular complexity index is 391. The van der Waals surface area contributed by atoms with Crippen molar-refractivity contribution < 1.29 is 39.6 Å². The summed E-state index contributed by atoms with van der Waals surface area (Å²) in [4.78, 5) is 42.1. The molecule has 0 heterocycles. The Hall–Kier alpha value is -2.12. The van der Waals surface area contributed by atoms with Gasteiger partial charge in [-0.25, -0.2) is 0 Å². The molecular weight excluding hydrogens is 308 g/mol. The molecule has 0 fully saturated rings. The van der Waals surface area contributed by atoms with Crippen LogP contribution in [0.15, 0.2) is 0 Å². The van der Waals surface area contributed by atoms with Gasteiger partial charge < -0.3 is 20.4 Å². The van der Waals surface area contributed by atoms with E-state index in [1.807, 2.05) is 0 Å². The zero-order chi connectivity index (χ0) is 18.8. The number of hydrogen-bond donors (Lipinski definition) is 4. The first-order valence-corrected chi connectivity index (χ1v) is 7.47. The lowest BCUT2D eigenvalue weighted by atomic mass is 9.83. The van der Waals surface area contributed by atoms with Crippen molar-refractivity contribution in [2.75, 3.05) is 0 Å². The monoisotopic (exact) mass is 334 g/mol. The third kappa shape index (κ3) is 6.25. The Morgan fingerprint density at radius 2 is 1.04 bits per heavy atom. The van der Waals surface area contributed by atoms with Gasteiger partial charge in [0.15, 0.2) is 11.3 Å². The number of carbonyl (C=O) groups is 4. The van der Waals surface area contributed by atoms with E-state index in [-0.39, 0.29) is 18.8 Å². The number of rotatable bonds is 9. The second-order valence-corrected chi connectivity index (χ2v) is 5.13. The van der Waals surface area contributed by atoms with E-state index in [0.717, 1.165) is 0 Å². The first-order chi connectivity index (χ1) is 10.5. The van der Waals surface area contributed by atoms with E-state index < -0.39 is 35.2 Å². The number of aliphatic carboxylic acids is 4. The maximum atomic E-state index is 10.5. The van der Waals surface area contributed by atoms with Gasteiger partial charge in [0.05, 0.1) is 0 Å². The summed E-state index contributed by atoms with van der Waals surface area (Å²) in [5, 5.41) is 34.4. The lowest BCUT2D eigenvalue weighted by molar-refractivity contribution is -0.165. The average molecular weight is 334 g/mol. The standard InChI is InChI=1S/C8H14O4.C7H12O4/c1-3-5(4-2)6(7(9)10)8(11)12;1-3-7(4-2,5(8)9)6(10)11/h5-6H,3-4H2,1-2H3,(H,9,10)(H,11,12);3-4H2,1-2H3,(H,8,9)(H,10,11). The molecule has 0 radical (unpaired) electrons. The highest BCUT2D eigenvalue weighted by Crippen LogP contribution is 2.26. The zero-order valence-corrected chi connectivity index (χ0v) is 13.9. The molecule has 0 aromatic rings. The van der Waals surface area contributed by atoms with Crippen LogP contribution in [-0.4, -0.2) is 44.3 Å². The number of carboxylic acid groups (broad SMARTS) is 4. The van der Waals surface area contributed by atoms with Crippen LogP contribution in [0.1, 0.15) is 53.4 Å². The van der Waals surface area contributed by atoms with Gasteiger partial charge in [-0.2, -0.15) is 0 Å². The average Bonchev–Trinajstić information content (AvgIpc) is 2.45. The molecule has 0 unspecified atom stereocenters. The van der Waals surface area contributed by atoms with Crippen LogP contribution in [0.2, 0.25) is 0 Å². The van der Waals surface area contributed by atoms with E-state index in [9.17, 15) is 19.2 Å². The molecule has 0 aliphatic heterocycles. The van der Waals surface area contributed by atoms with E-state index in [4.69, 9.17) is 20.4 Å². The molecule has 8 nitrogen and oxygen atoms in total. The molecule has 0 spiro atoms. The second-order valence-electron chi connectivity index (χ2n) is 5.13. The quantitative estimate of drug-likeness (QED) is 0.469. The Morgan fingerprint density at radius 3 is 1.09 bits per heavy atom. The number of carboxylic acids is 4. The minimum Gasteiger partial charge on any atom is -0.481 e. The molecule has 0 aliphatic rings. The summed E-state index contributed by atoms with van der Waals surface area (Å²) in [6.45, 7) is 6.72. The smallest absolute Gasteiger partial charge is 0.321 e. The third-order valence-corrected chi connectivity index (χ3v) is 4.08. The van der Waals surface area contributed by atoms with Crippen molar-refractivity contribution in [2.24, 2.45) is 17.3 Å². The van der Waals surface area contributed by atoms with Crippen molar-refractivity contribution in [1.29, 1.82) is 0 Å². The van der Waals surface area contributed by atoms with Gasteiger partial charge in [0.1, 0.15) is 0 Å². The molecule has 134 valence electrons. The van der Waals surface area contributed by atoms with Gasteiger partial charge in [-0.15, -0.1) is 0 Å². The predicted octanol–water partition coefficient (Wildman–Crippen LogP) is 2.17. The van der Waals surface area contributed by atoms with Crippen LogP contribution in [0.4, 0.5) is 0 Å². The lowest BCUT2D eigenvalue weighted by Crippen LogP contribution is -2.38. The molecule has 0 aliphatic carbocycles. The fourth-order valence-electron chi connectivity index (χ4n) is 2.22. The Balaban J connectivity index is 0. The maximum absolute atomic E-state index is 10.5. The molecule has 8 heteroatoms. The summed E-state index contributed by atoms with van der Waals surface area (Å²) >= 11 is 0. The zero-order valence-electron chi connectivity index (χ0n) is 13.9. The SMILES string of the molecule is CCC(CC)(C(=O)O)C(=O)O.CCC(CC)C(C(=O)O)C(=O)O. The van der Waals surface area contributed by atoms with E-state index in [1.54, 1.807) is 27.7 Å². The fourth-order valence-corrected chi connectivity index (χ4v) is 2.22. The molecule has 0 aromatic heterocycles. The van der Waals surface area contributed by atoms with Gasteiger partial charge in [-0.05, 0) is 18.8 Å². The predicted molar refractivity (Wildman–Crippen MR) is 81.1 cm³/mol. The van der Waals surface area contributed by atoms with Gasteiger partial charge in [0, 0.05) is 0 Å². The summed E-state index contributed by atoms with van der Waals surface area (Å²) in [6.07, 6.45) is 1.40. The topological polar surface area (TPSA) is 149 Å². The van der Waals surface area contributed by atoms with Crippen molar-refractivity contribution in [1.82, 2.24) is 0 Å². The van der Waals surface area contributed by atoms with Crippen LogP contribution in [0, 0.1) is 17.3 Å². The van der Waals surface area contributed by atoms with E-state index >= 15 is 0 Å². The summed E-state index contributed by atoms with van der Waals surface area (Å²) < 4.78 is 0. The van der Waals surface area contributed by atoms with Crippen LogP contribution >= 0.6 is 0 Å². The third-order valence-electron chi connectivity index (χ3n) is 4.08. The van der Waals surface area contributed by atoms with Crippen molar-refractivity contribution in [3.63, 3.8) is 0 Å². The van der Waals surface area contributed by atoms with E-state index in [0.29, 0.717) is 12.8 Å². The van der Waals surface area contributed by atoms with Gasteiger partial charge in [0.2, 0.25) is 0 Å². The van der Waals surface area contributed by atoms with Crippen molar-refractivity contribution in [2.45, 2.75) is 53.4 Å². The Labute approximate surface area is 135 Å². The minimum absolute atomic E-state index is 0.119. The van der Waals surface area contributed by atoms with Gasteiger partial charge in [0.25, 0.3) is 0 Å². The summed E-state index contributed by atoms with van der Waals surface area (Å²) in [5.41, 5.74) is -1.58. The molecule has 0 amide bonds. The first kappa shape index (κ1) is 23.2. The molecule has 23 heavy (non-hydrogen) atoms. The summed E-state index contributed by atoms with van der Waals surface area (Å²) in [5.74, 6) is -6.50. The molecular formula is C15H26O8. The largest absolute Gasteiger partial charge is 0.481 e.